The van der Waals surface area contributed by atoms with Crippen LogP contribution in [0.25, 0.3) is 0 Å². The number of ketones is 1. The highest BCUT2D eigenvalue weighted by Gasteiger charge is 2.38. The molecule has 0 radical (unpaired) electrons. The fourth-order valence-corrected chi connectivity index (χ4v) is 7.69. The van der Waals surface area contributed by atoms with Crippen LogP contribution in [0.4, 0.5) is 0 Å². The molecule has 0 bridgehead atoms. The molecule has 50 heavy (non-hydrogen) atoms. The minimum atomic E-state index is -0.914. The summed E-state index contributed by atoms with van der Waals surface area (Å²) >= 11 is 1.33. The van der Waals surface area contributed by atoms with Crippen molar-refractivity contribution in [3.05, 3.63) is 52.0 Å². The molecule has 3 rings (SSSR count). The first-order valence-corrected chi connectivity index (χ1v) is 18.8. The number of methoxy groups -OCH3 is 1. The molecule has 1 aliphatic rings. The summed E-state index contributed by atoms with van der Waals surface area (Å²) in [5.41, 5.74) is 1.23. The lowest BCUT2D eigenvalue weighted by molar-refractivity contribution is -0.146. The summed E-state index contributed by atoms with van der Waals surface area (Å²) in [6, 6.07) is 8.83. The van der Waals surface area contributed by atoms with Gasteiger partial charge in [-0.3, -0.25) is 24.1 Å². The van der Waals surface area contributed by atoms with E-state index in [4.69, 9.17) is 9.47 Å². The smallest absolute Gasteiger partial charge is 0.306 e. The van der Waals surface area contributed by atoms with Gasteiger partial charge in [0.25, 0.3) is 5.91 Å². The standard InChI is InChI=1S/C38H58N4O7S/c1-9-49-34(36-40-30(23-50-36)35(44)39-28(19-25(4)38(46)47)20-27-15-11-10-12-16-27)22-32(24(2)3)42(7)37(45)29(26(5)48-8)21-33(43)31-17-13-14-18-41(31)6/h10-12,15-16,23-26,28-29,31-32,34H,9,13-14,17-22H2,1-8H3,(H,39,44)(H,46,47)/t25-,26+,28+,29-,31+,32+,34+/m0/s1. The van der Waals surface area contributed by atoms with Crippen molar-refractivity contribution >= 4 is 34.9 Å². The van der Waals surface area contributed by atoms with Crippen LogP contribution in [-0.2, 0) is 30.3 Å². The van der Waals surface area contributed by atoms with Gasteiger partial charge >= 0.3 is 5.97 Å². The molecular formula is C38H58N4O7S. The number of aliphatic carboxylic acids is 1. The molecule has 1 aromatic carbocycles. The zero-order valence-corrected chi connectivity index (χ0v) is 31.9. The number of nitrogens with one attached hydrogen (secondary N) is 1. The summed E-state index contributed by atoms with van der Waals surface area (Å²) in [6.07, 6.45) is 3.30. The normalized spacial score (nSPS) is 18.9. The number of Topliss-reactive ketones (excluding diaryl/α,β-unsaturated/α-hetero) is 1. The van der Waals surface area contributed by atoms with Gasteiger partial charge in [-0.25, -0.2) is 4.98 Å². The van der Waals surface area contributed by atoms with Gasteiger partial charge in [0.05, 0.1) is 24.0 Å². The quantitative estimate of drug-likeness (QED) is 0.179. The van der Waals surface area contributed by atoms with E-state index in [1.807, 2.05) is 51.2 Å². The van der Waals surface area contributed by atoms with Gasteiger partial charge in [-0.2, -0.15) is 0 Å². The van der Waals surface area contributed by atoms with Gasteiger partial charge in [0.2, 0.25) is 5.91 Å². The maximum Gasteiger partial charge on any atom is 0.306 e. The number of likely N-dealkylation sites (tertiary alicyclic amines) is 1. The third-order valence-corrected chi connectivity index (χ3v) is 10.9. The molecular weight excluding hydrogens is 657 g/mol. The number of hydrogen-bond donors (Lipinski definition) is 2. The van der Waals surface area contributed by atoms with Crippen LogP contribution in [0, 0.1) is 17.8 Å². The highest BCUT2D eigenvalue weighted by Crippen LogP contribution is 2.32. The number of hydrogen-bond acceptors (Lipinski definition) is 9. The SMILES string of the molecule is CCO[C@H](C[C@H](C(C)C)N(C)C(=O)[C@@H](CC(=O)[C@H]1CCCCN1C)[C@@H](C)OC)c1nc(C(=O)N[C@@H](Cc2ccccc2)C[C@H](C)C(=O)O)cs1. The first-order chi connectivity index (χ1) is 23.8. The molecule has 1 saturated heterocycles. The lowest BCUT2D eigenvalue weighted by atomic mass is 9.88. The second kappa shape index (κ2) is 20.0. The van der Waals surface area contributed by atoms with Gasteiger partial charge in [-0.1, -0.05) is 57.5 Å². The summed E-state index contributed by atoms with van der Waals surface area (Å²) in [4.78, 5) is 61.2. The zero-order chi connectivity index (χ0) is 37.0. The van der Waals surface area contributed by atoms with Crippen molar-refractivity contribution in [2.24, 2.45) is 17.8 Å². The number of nitrogens with zero attached hydrogens (tertiary/aromatic N) is 3. The number of aromatic nitrogens is 1. The predicted molar refractivity (Wildman–Crippen MR) is 195 cm³/mol. The van der Waals surface area contributed by atoms with Gasteiger partial charge in [-0.15, -0.1) is 11.3 Å². The number of carboxylic acid groups (broad SMARTS) is 1. The Kier molecular flexibility index (Phi) is 16.5. The van der Waals surface area contributed by atoms with Crippen LogP contribution >= 0.6 is 11.3 Å². The van der Waals surface area contributed by atoms with Gasteiger partial charge in [0.1, 0.15) is 16.8 Å². The summed E-state index contributed by atoms with van der Waals surface area (Å²) in [5, 5.41) is 14.9. The Morgan fingerprint density at radius 2 is 1.80 bits per heavy atom. The van der Waals surface area contributed by atoms with Gasteiger partial charge in [-0.05, 0) is 64.6 Å². The minimum absolute atomic E-state index is 0.0586. The van der Waals surface area contributed by atoms with E-state index in [-0.39, 0.29) is 54.1 Å². The monoisotopic (exact) mass is 714 g/mol. The zero-order valence-electron chi connectivity index (χ0n) is 31.1. The maximum absolute atomic E-state index is 14.1. The molecule has 2 aromatic rings. The molecule has 1 fully saturated rings. The van der Waals surface area contributed by atoms with Crippen LogP contribution in [0.3, 0.4) is 0 Å². The maximum atomic E-state index is 14.1. The number of thiazole rings is 1. The molecule has 11 nitrogen and oxygen atoms in total. The van der Waals surface area contributed by atoms with E-state index >= 15 is 0 Å². The number of carboxylic acids is 1. The Morgan fingerprint density at radius 1 is 1.10 bits per heavy atom. The molecule has 0 aliphatic carbocycles. The molecule has 2 N–H and O–H groups in total. The largest absolute Gasteiger partial charge is 0.481 e. The van der Waals surface area contributed by atoms with Gasteiger partial charge in [0, 0.05) is 51.1 Å². The van der Waals surface area contributed by atoms with E-state index in [0.717, 1.165) is 31.4 Å². The molecule has 7 atom stereocenters. The lowest BCUT2D eigenvalue weighted by Crippen LogP contribution is -2.49. The Balaban J connectivity index is 1.77. The minimum Gasteiger partial charge on any atom is -0.481 e. The number of ether oxygens (including phenoxy) is 2. The average molecular weight is 715 g/mol. The molecule has 2 heterocycles. The van der Waals surface area contributed by atoms with Crippen molar-refractivity contribution in [3.8, 4) is 0 Å². The number of amides is 2. The van der Waals surface area contributed by atoms with Crippen LogP contribution in [0.1, 0.15) is 100 Å². The van der Waals surface area contributed by atoms with Crippen molar-refractivity contribution in [3.63, 3.8) is 0 Å². The van der Waals surface area contributed by atoms with Crippen LogP contribution in [-0.4, -0.2) is 102 Å². The van der Waals surface area contributed by atoms with Crippen LogP contribution in [0.5, 0.6) is 0 Å². The predicted octanol–water partition coefficient (Wildman–Crippen LogP) is 5.64. The third kappa shape index (κ3) is 11.7. The van der Waals surface area contributed by atoms with Crippen molar-refractivity contribution in [2.75, 3.05) is 34.4 Å². The number of piperidine rings is 1. The van der Waals surface area contributed by atoms with Crippen molar-refractivity contribution in [2.45, 2.75) is 110 Å². The van der Waals surface area contributed by atoms with Crippen molar-refractivity contribution in [1.82, 2.24) is 20.1 Å². The van der Waals surface area contributed by atoms with E-state index in [9.17, 15) is 24.3 Å². The molecule has 0 saturated carbocycles. The molecule has 12 heteroatoms. The Bertz CT molecular complexity index is 1390. The van der Waals surface area contributed by atoms with Crippen molar-refractivity contribution in [1.29, 1.82) is 0 Å². The van der Waals surface area contributed by atoms with Crippen LogP contribution in [0.2, 0.25) is 0 Å². The molecule has 0 spiro atoms. The van der Waals surface area contributed by atoms with E-state index in [1.165, 1.54) is 11.3 Å². The van der Waals surface area contributed by atoms with Crippen molar-refractivity contribution < 1.29 is 33.8 Å². The number of carbonyl (C=O) groups excluding carboxylic acids is 3. The van der Waals surface area contributed by atoms with Gasteiger partial charge in [0.15, 0.2) is 5.78 Å². The summed E-state index contributed by atoms with van der Waals surface area (Å²) in [7, 11) is 5.33. The fraction of sp³-hybridized carbons (Fsp3) is 0.658. The second-order valence-electron chi connectivity index (χ2n) is 14.1. The molecule has 278 valence electrons. The number of likely N-dealkylation sites (N-methyl/N-ethyl adjacent to an activating group) is 1. The highest BCUT2D eigenvalue weighted by atomic mass is 32.1. The number of benzene rings is 1. The second-order valence-corrected chi connectivity index (χ2v) is 14.9. The van der Waals surface area contributed by atoms with Crippen LogP contribution in [0.15, 0.2) is 35.7 Å². The third-order valence-electron chi connectivity index (χ3n) is 10.0. The van der Waals surface area contributed by atoms with E-state index in [2.05, 4.69) is 29.0 Å². The molecule has 2 amide bonds. The highest BCUT2D eigenvalue weighted by molar-refractivity contribution is 7.09. The first-order valence-electron chi connectivity index (χ1n) is 17.9. The summed E-state index contributed by atoms with van der Waals surface area (Å²) < 4.78 is 11.8. The Hall–Kier alpha value is -3.19. The lowest BCUT2D eigenvalue weighted by Gasteiger charge is -2.37. The summed E-state index contributed by atoms with van der Waals surface area (Å²) in [6.45, 7) is 10.8. The Morgan fingerprint density at radius 3 is 2.40 bits per heavy atom. The summed E-state index contributed by atoms with van der Waals surface area (Å²) in [5.74, 6) is -2.55. The number of rotatable bonds is 20. The fourth-order valence-electron chi connectivity index (χ4n) is 6.83. The average Bonchev–Trinajstić information content (AvgIpc) is 3.59. The molecule has 1 aromatic heterocycles. The van der Waals surface area contributed by atoms with Gasteiger partial charge < -0.3 is 24.8 Å². The van der Waals surface area contributed by atoms with E-state index < -0.39 is 36.1 Å². The Labute approximate surface area is 302 Å². The van der Waals surface area contributed by atoms with Crippen LogP contribution < -0.4 is 5.32 Å². The van der Waals surface area contributed by atoms with E-state index in [0.29, 0.717) is 24.5 Å². The topological polar surface area (TPSA) is 138 Å². The molecule has 1 aliphatic heterocycles. The first kappa shape index (κ1) is 41.2. The number of carbonyl (C=O) groups is 4. The molecule has 0 unspecified atom stereocenters. The van der Waals surface area contributed by atoms with E-state index in [1.54, 1.807) is 31.4 Å².